The van der Waals surface area contributed by atoms with Gasteiger partial charge < -0.3 is 4.57 Å². The van der Waals surface area contributed by atoms with Gasteiger partial charge >= 0.3 is 0 Å². The predicted octanol–water partition coefficient (Wildman–Crippen LogP) is 1.63. The molecule has 0 amide bonds. The normalized spacial score (nSPS) is 19.5. The molecule has 0 bridgehead atoms. The van der Waals surface area contributed by atoms with E-state index in [0.29, 0.717) is 12.5 Å². The average molecular weight is 348 g/mol. The van der Waals surface area contributed by atoms with Gasteiger partial charge in [0.15, 0.2) is 0 Å². The maximum atomic E-state index is 11.2. The molecule has 3 rings (SSSR count). The van der Waals surface area contributed by atoms with Crippen molar-refractivity contribution in [2.75, 3.05) is 25.9 Å². The Bertz CT molecular complexity index is 741. The SMILES string of the molecule is CS(=O)(=O)NC[C@H]1CCCN(Cc2ccc(-n3ccnc3)cc2)C1. The zero-order valence-electron chi connectivity index (χ0n) is 13.9. The first-order valence-corrected chi connectivity index (χ1v) is 10.1. The molecule has 1 N–H and O–H groups in total. The maximum absolute atomic E-state index is 11.2. The van der Waals surface area contributed by atoms with E-state index in [2.05, 4.69) is 38.9 Å². The van der Waals surface area contributed by atoms with Crippen LogP contribution < -0.4 is 4.72 Å². The van der Waals surface area contributed by atoms with Crippen molar-refractivity contribution in [1.29, 1.82) is 0 Å². The molecule has 1 atom stereocenters. The van der Waals surface area contributed by atoms with Crippen LogP contribution >= 0.6 is 0 Å². The highest BCUT2D eigenvalue weighted by Crippen LogP contribution is 2.19. The van der Waals surface area contributed by atoms with E-state index in [1.807, 2.05) is 10.8 Å². The van der Waals surface area contributed by atoms with Crippen LogP contribution in [0.3, 0.4) is 0 Å². The number of likely N-dealkylation sites (tertiary alicyclic amines) is 1. The molecule has 0 saturated carbocycles. The molecule has 0 unspecified atom stereocenters. The van der Waals surface area contributed by atoms with E-state index < -0.39 is 10.0 Å². The highest BCUT2D eigenvalue weighted by Gasteiger charge is 2.20. The van der Waals surface area contributed by atoms with Gasteiger partial charge in [-0.05, 0) is 43.0 Å². The molecule has 130 valence electrons. The molecule has 0 spiro atoms. The summed E-state index contributed by atoms with van der Waals surface area (Å²) in [5.74, 6) is 0.388. The first-order chi connectivity index (χ1) is 11.5. The Labute approximate surface area is 143 Å². The number of sulfonamides is 1. The van der Waals surface area contributed by atoms with E-state index >= 15 is 0 Å². The standard InChI is InChI=1S/C17H24N4O2S/c1-24(22,23)19-11-16-3-2-9-20(13-16)12-15-4-6-17(7-5-15)21-10-8-18-14-21/h4-8,10,14,16,19H,2-3,9,11-13H2,1H3/t16-/m1/s1. The minimum Gasteiger partial charge on any atom is -0.306 e. The van der Waals surface area contributed by atoms with Crippen LogP contribution in [0.2, 0.25) is 0 Å². The smallest absolute Gasteiger partial charge is 0.208 e. The van der Waals surface area contributed by atoms with Crippen LogP contribution in [0.4, 0.5) is 0 Å². The number of hydrogen-bond acceptors (Lipinski definition) is 4. The lowest BCUT2D eigenvalue weighted by molar-refractivity contribution is 0.169. The minimum absolute atomic E-state index is 0.388. The van der Waals surface area contributed by atoms with Gasteiger partial charge in [-0.15, -0.1) is 0 Å². The number of nitrogens with zero attached hydrogens (tertiary/aromatic N) is 3. The molecule has 1 aliphatic rings. The quantitative estimate of drug-likeness (QED) is 0.862. The summed E-state index contributed by atoms with van der Waals surface area (Å²) >= 11 is 0. The molecular formula is C17H24N4O2S. The largest absolute Gasteiger partial charge is 0.306 e. The number of hydrogen-bond donors (Lipinski definition) is 1. The molecule has 1 aromatic carbocycles. The monoisotopic (exact) mass is 348 g/mol. The molecular weight excluding hydrogens is 324 g/mol. The van der Waals surface area contributed by atoms with E-state index in [9.17, 15) is 8.42 Å². The summed E-state index contributed by atoms with van der Waals surface area (Å²) in [6.45, 7) is 3.44. The molecule has 7 heteroatoms. The summed E-state index contributed by atoms with van der Waals surface area (Å²) in [5, 5.41) is 0. The second kappa shape index (κ2) is 7.46. The number of benzene rings is 1. The van der Waals surface area contributed by atoms with Gasteiger partial charge in [-0.1, -0.05) is 12.1 Å². The molecule has 1 fully saturated rings. The van der Waals surface area contributed by atoms with Crippen molar-refractivity contribution in [3.63, 3.8) is 0 Å². The highest BCUT2D eigenvalue weighted by atomic mass is 32.2. The molecule has 6 nitrogen and oxygen atoms in total. The van der Waals surface area contributed by atoms with Crippen molar-refractivity contribution >= 4 is 10.0 Å². The zero-order valence-corrected chi connectivity index (χ0v) is 14.7. The van der Waals surface area contributed by atoms with Crippen molar-refractivity contribution in [1.82, 2.24) is 19.2 Å². The molecule has 0 aliphatic carbocycles. The summed E-state index contributed by atoms with van der Waals surface area (Å²) in [7, 11) is -3.10. The molecule has 24 heavy (non-hydrogen) atoms. The van der Waals surface area contributed by atoms with Gasteiger partial charge in [0.1, 0.15) is 0 Å². The van der Waals surface area contributed by atoms with Crippen LogP contribution in [0.25, 0.3) is 5.69 Å². The second-order valence-electron chi connectivity index (χ2n) is 6.50. The number of nitrogens with one attached hydrogen (secondary N) is 1. The second-order valence-corrected chi connectivity index (χ2v) is 8.33. The Morgan fingerprint density at radius 2 is 2.08 bits per heavy atom. The van der Waals surface area contributed by atoms with E-state index in [1.165, 1.54) is 11.8 Å². The van der Waals surface area contributed by atoms with E-state index in [1.54, 1.807) is 12.5 Å². The molecule has 1 saturated heterocycles. The first-order valence-electron chi connectivity index (χ1n) is 8.24. The van der Waals surface area contributed by atoms with Gasteiger partial charge in [0.05, 0.1) is 12.6 Å². The predicted molar refractivity (Wildman–Crippen MR) is 94.4 cm³/mol. The summed E-state index contributed by atoms with van der Waals surface area (Å²) in [4.78, 5) is 6.47. The molecule has 1 aliphatic heterocycles. The number of rotatable bonds is 6. The topological polar surface area (TPSA) is 67.2 Å². The lowest BCUT2D eigenvalue weighted by Crippen LogP contribution is -2.40. The fourth-order valence-electron chi connectivity index (χ4n) is 3.17. The van der Waals surface area contributed by atoms with Gasteiger partial charge in [-0.25, -0.2) is 18.1 Å². The molecule has 1 aromatic heterocycles. The molecule has 2 aromatic rings. The summed E-state index contributed by atoms with van der Waals surface area (Å²) in [5.41, 5.74) is 2.38. The minimum atomic E-state index is -3.10. The van der Waals surface area contributed by atoms with Crippen LogP contribution in [0, 0.1) is 5.92 Å². The van der Waals surface area contributed by atoms with Crippen LogP contribution in [0.5, 0.6) is 0 Å². The van der Waals surface area contributed by atoms with Gasteiger partial charge in [-0.3, -0.25) is 4.90 Å². The van der Waals surface area contributed by atoms with Gasteiger partial charge in [-0.2, -0.15) is 0 Å². The lowest BCUT2D eigenvalue weighted by atomic mass is 9.98. The number of imidazole rings is 1. The Morgan fingerprint density at radius 3 is 2.75 bits per heavy atom. The fourth-order valence-corrected chi connectivity index (χ4v) is 3.71. The maximum Gasteiger partial charge on any atom is 0.208 e. The average Bonchev–Trinajstić information content (AvgIpc) is 3.08. The first kappa shape index (κ1) is 17.1. The third-order valence-corrected chi connectivity index (χ3v) is 5.07. The van der Waals surface area contributed by atoms with Crippen LogP contribution in [-0.4, -0.2) is 48.8 Å². The number of piperidine rings is 1. The molecule has 2 heterocycles. The zero-order chi connectivity index (χ0) is 17.0. The Morgan fingerprint density at radius 1 is 1.29 bits per heavy atom. The Kier molecular flexibility index (Phi) is 5.33. The molecule has 0 radical (unpaired) electrons. The van der Waals surface area contributed by atoms with Crippen LogP contribution in [-0.2, 0) is 16.6 Å². The van der Waals surface area contributed by atoms with E-state index in [4.69, 9.17) is 0 Å². The van der Waals surface area contributed by atoms with Crippen molar-refractivity contribution in [2.24, 2.45) is 5.92 Å². The van der Waals surface area contributed by atoms with Gasteiger partial charge in [0.25, 0.3) is 0 Å². The summed E-state index contributed by atoms with van der Waals surface area (Å²) < 4.78 is 27.1. The Balaban J connectivity index is 1.55. The lowest BCUT2D eigenvalue weighted by Gasteiger charge is -2.32. The van der Waals surface area contributed by atoms with Gasteiger partial charge in [0.2, 0.25) is 10.0 Å². The number of aromatic nitrogens is 2. The fraction of sp³-hybridized carbons (Fsp3) is 0.471. The van der Waals surface area contributed by atoms with Gasteiger partial charge in [0, 0.05) is 37.7 Å². The van der Waals surface area contributed by atoms with Crippen molar-refractivity contribution in [3.05, 3.63) is 48.5 Å². The third-order valence-electron chi connectivity index (χ3n) is 4.38. The van der Waals surface area contributed by atoms with E-state index in [-0.39, 0.29) is 0 Å². The van der Waals surface area contributed by atoms with Crippen LogP contribution in [0.15, 0.2) is 43.0 Å². The summed E-state index contributed by atoms with van der Waals surface area (Å²) in [6, 6.07) is 8.49. The van der Waals surface area contributed by atoms with Crippen molar-refractivity contribution < 1.29 is 8.42 Å². The third kappa shape index (κ3) is 4.90. The summed E-state index contributed by atoms with van der Waals surface area (Å²) in [6.07, 6.45) is 8.90. The van der Waals surface area contributed by atoms with Crippen molar-refractivity contribution in [2.45, 2.75) is 19.4 Å². The van der Waals surface area contributed by atoms with E-state index in [0.717, 1.165) is 38.2 Å². The van der Waals surface area contributed by atoms with Crippen molar-refractivity contribution in [3.8, 4) is 5.69 Å². The van der Waals surface area contributed by atoms with Crippen LogP contribution in [0.1, 0.15) is 18.4 Å². The Hall–Kier alpha value is -1.70. The highest BCUT2D eigenvalue weighted by molar-refractivity contribution is 7.88.